The van der Waals surface area contributed by atoms with Gasteiger partial charge in [0.05, 0.1) is 6.61 Å². The molecular weight excluding hydrogens is 110 g/mol. The molecule has 0 radical (unpaired) electrons. The van der Waals surface area contributed by atoms with Gasteiger partial charge in [0.1, 0.15) is 0 Å². The first-order valence-electron chi connectivity index (χ1n) is 2.16. The van der Waals surface area contributed by atoms with Gasteiger partial charge in [0.2, 0.25) is 0 Å². The van der Waals surface area contributed by atoms with Crippen molar-refractivity contribution in [1.82, 2.24) is 0 Å². The second-order valence-electron chi connectivity index (χ2n) is 0.974. The van der Waals surface area contributed by atoms with Gasteiger partial charge in [-0.2, -0.15) is 0 Å². The van der Waals surface area contributed by atoms with E-state index in [0.717, 1.165) is 6.92 Å². The highest BCUT2D eigenvalue weighted by Crippen LogP contribution is 1.46. The zero-order valence-corrected chi connectivity index (χ0v) is 5.05. The molecular formula is C4H11NO3. The Labute approximate surface area is 48.2 Å². The molecule has 0 saturated carbocycles. The first-order chi connectivity index (χ1) is 3.65. The molecule has 0 unspecified atom stereocenters. The molecule has 0 fully saturated rings. The Morgan fingerprint density at radius 1 is 1.88 bits per heavy atom. The number of rotatable bonds is 1. The minimum Gasteiger partial charge on any atom is -0.481 e. The SMILES string of the molecule is CC(=O)O.CCON. The van der Waals surface area contributed by atoms with E-state index in [1.807, 2.05) is 6.92 Å². The van der Waals surface area contributed by atoms with Crippen LogP contribution in [0.5, 0.6) is 0 Å². The number of aliphatic carboxylic acids is 1. The van der Waals surface area contributed by atoms with Gasteiger partial charge in [-0.1, -0.05) is 0 Å². The third-order valence-corrected chi connectivity index (χ3v) is 0.167. The van der Waals surface area contributed by atoms with Gasteiger partial charge in [-0.3, -0.25) is 4.79 Å². The molecule has 0 rings (SSSR count). The first kappa shape index (κ1) is 10.4. The second kappa shape index (κ2) is 9.63. The molecule has 0 spiro atoms. The molecule has 0 aliphatic heterocycles. The summed E-state index contributed by atoms with van der Waals surface area (Å²) in [6.45, 7) is 3.51. The normalized spacial score (nSPS) is 6.88. The van der Waals surface area contributed by atoms with E-state index in [9.17, 15) is 0 Å². The maximum Gasteiger partial charge on any atom is 0.300 e. The quantitative estimate of drug-likeness (QED) is 0.478. The van der Waals surface area contributed by atoms with Crippen molar-refractivity contribution in [1.29, 1.82) is 0 Å². The first-order valence-corrected chi connectivity index (χ1v) is 2.16. The topological polar surface area (TPSA) is 72.5 Å². The molecule has 0 amide bonds. The highest BCUT2D eigenvalue weighted by atomic mass is 16.6. The summed E-state index contributed by atoms with van der Waals surface area (Å²) in [7, 11) is 0. The minimum absolute atomic E-state index is 0.597. The van der Waals surface area contributed by atoms with Gasteiger partial charge in [-0.15, -0.1) is 0 Å². The third kappa shape index (κ3) is 683. The van der Waals surface area contributed by atoms with E-state index in [1.54, 1.807) is 0 Å². The lowest BCUT2D eigenvalue weighted by atomic mass is 10.9. The second-order valence-corrected chi connectivity index (χ2v) is 0.974. The molecule has 0 aliphatic rings. The number of carbonyl (C=O) groups is 1. The van der Waals surface area contributed by atoms with E-state index in [2.05, 4.69) is 10.7 Å². The van der Waals surface area contributed by atoms with Crippen molar-refractivity contribution in [2.45, 2.75) is 13.8 Å². The van der Waals surface area contributed by atoms with Crippen molar-refractivity contribution in [2.75, 3.05) is 6.61 Å². The van der Waals surface area contributed by atoms with Crippen molar-refractivity contribution in [3.63, 3.8) is 0 Å². The van der Waals surface area contributed by atoms with Crippen LogP contribution in [-0.2, 0) is 9.63 Å². The van der Waals surface area contributed by atoms with Crippen LogP contribution in [0.4, 0.5) is 0 Å². The molecule has 0 aliphatic carbocycles. The largest absolute Gasteiger partial charge is 0.481 e. The molecule has 0 aromatic heterocycles. The number of carboxylic acid groups (broad SMARTS) is 1. The molecule has 0 bridgehead atoms. The van der Waals surface area contributed by atoms with Crippen LogP contribution < -0.4 is 5.90 Å². The van der Waals surface area contributed by atoms with Crippen molar-refractivity contribution in [3.05, 3.63) is 0 Å². The number of hydrogen-bond donors (Lipinski definition) is 2. The van der Waals surface area contributed by atoms with Gasteiger partial charge in [-0.25, -0.2) is 5.90 Å². The lowest BCUT2D eigenvalue weighted by Crippen LogP contribution is -1.94. The van der Waals surface area contributed by atoms with Crippen LogP contribution in [0.3, 0.4) is 0 Å². The fraction of sp³-hybridized carbons (Fsp3) is 0.750. The lowest BCUT2D eigenvalue weighted by Gasteiger charge is -1.76. The minimum atomic E-state index is -0.833. The van der Waals surface area contributed by atoms with Crippen LogP contribution in [0, 0.1) is 0 Å². The zero-order valence-electron chi connectivity index (χ0n) is 5.05. The van der Waals surface area contributed by atoms with Gasteiger partial charge in [0, 0.05) is 6.92 Å². The molecule has 0 heterocycles. The molecule has 8 heavy (non-hydrogen) atoms. The van der Waals surface area contributed by atoms with Gasteiger partial charge in [-0.05, 0) is 6.92 Å². The van der Waals surface area contributed by atoms with Gasteiger partial charge < -0.3 is 9.94 Å². The Morgan fingerprint density at radius 2 is 2.00 bits per heavy atom. The highest BCUT2D eigenvalue weighted by molar-refractivity contribution is 5.62. The van der Waals surface area contributed by atoms with Crippen molar-refractivity contribution >= 4 is 5.97 Å². The van der Waals surface area contributed by atoms with Crippen LogP contribution >= 0.6 is 0 Å². The molecule has 0 aromatic carbocycles. The van der Waals surface area contributed by atoms with Crippen LogP contribution in [0.1, 0.15) is 13.8 Å². The highest BCUT2D eigenvalue weighted by Gasteiger charge is 1.65. The summed E-state index contributed by atoms with van der Waals surface area (Å²) < 4.78 is 0. The fourth-order valence-corrected chi connectivity index (χ4v) is 0. The van der Waals surface area contributed by atoms with E-state index in [0.29, 0.717) is 6.61 Å². The number of carboxylic acids is 1. The summed E-state index contributed by atoms with van der Waals surface area (Å²) in [4.78, 5) is 13.0. The van der Waals surface area contributed by atoms with Crippen molar-refractivity contribution in [3.8, 4) is 0 Å². The number of nitrogens with two attached hydrogens (primary N) is 1. The average Bonchev–Trinajstić information content (AvgIpc) is 1.65. The van der Waals surface area contributed by atoms with Gasteiger partial charge in [0.25, 0.3) is 5.97 Å². The molecule has 0 atom stereocenters. The van der Waals surface area contributed by atoms with E-state index >= 15 is 0 Å². The summed E-state index contributed by atoms with van der Waals surface area (Å²) in [6.07, 6.45) is 0. The fourth-order valence-electron chi connectivity index (χ4n) is 0. The van der Waals surface area contributed by atoms with Gasteiger partial charge >= 0.3 is 0 Å². The van der Waals surface area contributed by atoms with Crippen LogP contribution in [0.15, 0.2) is 0 Å². The molecule has 4 heteroatoms. The average molecular weight is 121 g/mol. The summed E-state index contributed by atoms with van der Waals surface area (Å²) in [5, 5.41) is 7.42. The zero-order chi connectivity index (χ0) is 6.99. The Hall–Kier alpha value is -0.610. The van der Waals surface area contributed by atoms with Crippen LogP contribution in [0.25, 0.3) is 0 Å². The van der Waals surface area contributed by atoms with E-state index in [4.69, 9.17) is 9.90 Å². The number of hydrogen-bond acceptors (Lipinski definition) is 3. The maximum absolute atomic E-state index is 9.00. The van der Waals surface area contributed by atoms with E-state index in [1.165, 1.54) is 0 Å². The summed E-state index contributed by atoms with van der Waals surface area (Å²) in [6, 6.07) is 0. The Balaban J connectivity index is 0. The third-order valence-electron chi connectivity index (χ3n) is 0.167. The molecule has 3 N–H and O–H groups in total. The summed E-state index contributed by atoms with van der Waals surface area (Å²) >= 11 is 0. The van der Waals surface area contributed by atoms with Gasteiger partial charge in [0.15, 0.2) is 0 Å². The monoisotopic (exact) mass is 121 g/mol. The Bertz CT molecular complexity index is 49.2. The predicted octanol–water partition coefficient (Wildman–Crippen LogP) is -0.0125. The molecule has 4 nitrogen and oxygen atoms in total. The van der Waals surface area contributed by atoms with Crippen LogP contribution in [0.2, 0.25) is 0 Å². The molecule has 50 valence electrons. The van der Waals surface area contributed by atoms with E-state index < -0.39 is 5.97 Å². The van der Waals surface area contributed by atoms with Crippen molar-refractivity contribution < 1.29 is 14.7 Å². The Morgan fingerprint density at radius 3 is 2.00 bits per heavy atom. The molecule has 0 saturated heterocycles. The standard InChI is InChI=1S/C2H7NO.C2H4O2/c1-2-4-3;1-2(3)4/h2-3H2,1H3;1H3,(H,3,4). The summed E-state index contributed by atoms with van der Waals surface area (Å²) in [5.74, 6) is 3.69. The summed E-state index contributed by atoms with van der Waals surface area (Å²) in [5.41, 5.74) is 0. The maximum atomic E-state index is 9.00. The smallest absolute Gasteiger partial charge is 0.300 e. The Kier molecular flexibility index (Phi) is 12.5. The molecule has 0 aromatic rings. The van der Waals surface area contributed by atoms with Crippen LogP contribution in [-0.4, -0.2) is 17.7 Å². The predicted molar refractivity (Wildman–Crippen MR) is 29.1 cm³/mol. The lowest BCUT2D eigenvalue weighted by molar-refractivity contribution is -0.134. The van der Waals surface area contributed by atoms with E-state index in [-0.39, 0.29) is 0 Å². The van der Waals surface area contributed by atoms with Crippen molar-refractivity contribution in [2.24, 2.45) is 5.90 Å².